The van der Waals surface area contributed by atoms with Crippen molar-refractivity contribution in [1.29, 1.82) is 0 Å². The molecule has 2 heteroatoms. The third kappa shape index (κ3) is 2.60. The van der Waals surface area contributed by atoms with Gasteiger partial charge in [0.2, 0.25) is 0 Å². The molecule has 1 aromatic heterocycles. The van der Waals surface area contributed by atoms with E-state index < -0.39 is 0 Å². The molecule has 0 N–H and O–H groups in total. The Balaban J connectivity index is 2.22. The zero-order chi connectivity index (χ0) is 9.80. The van der Waals surface area contributed by atoms with Crippen LogP contribution >= 0.6 is 33.9 Å². The van der Waals surface area contributed by atoms with Crippen molar-refractivity contribution >= 4 is 33.9 Å². The maximum atomic E-state index is 3.13. The van der Waals surface area contributed by atoms with Crippen LogP contribution in [0.3, 0.4) is 0 Å². The quantitative estimate of drug-likeness (QED) is 0.513. The van der Waals surface area contributed by atoms with Crippen molar-refractivity contribution in [2.24, 2.45) is 0 Å². The van der Waals surface area contributed by atoms with Crippen molar-refractivity contribution in [3.63, 3.8) is 0 Å². The third-order valence-electron chi connectivity index (χ3n) is 1.70. The molecule has 0 nitrogen and oxygen atoms in total. The van der Waals surface area contributed by atoms with E-state index in [9.17, 15) is 0 Å². The van der Waals surface area contributed by atoms with Crippen LogP contribution in [0.4, 0.5) is 0 Å². The van der Waals surface area contributed by atoms with E-state index in [4.69, 9.17) is 0 Å². The van der Waals surface area contributed by atoms with Crippen molar-refractivity contribution in [1.82, 2.24) is 0 Å². The molecule has 2 aromatic rings. The summed E-state index contributed by atoms with van der Waals surface area (Å²) in [6, 6.07) is 12.3. The Bertz CT molecular complexity index is 457. The third-order valence-corrected chi connectivity index (χ3v) is 3.20. The highest BCUT2D eigenvalue weighted by Gasteiger charge is 1.88. The van der Waals surface area contributed by atoms with Gasteiger partial charge in [0.25, 0.3) is 0 Å². The molecule has 0 aliphatic heterocycles. The molecule has 0 radical (unpaired) electrons. The van der Waals surface area contributed by atoms with Crippen LogP contribution in [0.5, 0.6) is 0 Å². The van der Waals surface area contributed by atoms with Crippen LogP contribution in [0, 0.1) is 15.4 Å². The van der Waals surface area contributed by atoms with Crippen LogP contribution in [0.15, 0.2) is 41.8 Å². The van der Waals surface area contributed by atoms with Gasteiger partial charge in [-0.1, -0.05) is 17.9 Å². The minimum Gasteiger partial charge on any atom is -0.135 e. The maximum absolute atomic E-state index is 3.13. The molecule has 0 aliphatic carbocycles. The SMILES string of the molecule is Ic1ccc(C#Cc2cccs2)cc1. The van der Waals surface area contributed by atoms with Crippen LogP contribution in [0.1, 0.15) is 10.4 Å². The fraction of sp³-hybridized carbons (Fsp3) is 0. The van der Waals surface area contributed by atoms with E-state index in [1.807, 2.05) is 29.6 Å². The van der Waals surface area contributed by atoms with E-state index >= 15 is 0 Å². The lowest BCUT2D eigenvalue weighted by molar-refractivity contribution is 1.60. The monoisotopic (exact) mass is 310 g/mol. The zero-order valence-corrected chi connectivity index (χ0v) is 10.3. The minimum atomic E-state index is 1.07. The Hall–Kier alpha value is -0.790. The first-order valence-corrected chi connectivity index (χ1v) is 6.11. The first-order valence-electron chi connectivity index (χ1n) is 4.16. The fourth-order valence-corrected chi connectivity index (χ4v) is 1.95. The summed E-state index contributed by atoms with van der Waals surface area (Å²) < 4.78 is 1.24. The Morgan fingerprint density at radius 2 is 1.79 bits per heavy atom. The van der Waals surface area contributed by atoms with Gasteiger partial charge in [0, 0.05) is 9.13 Å². The summed E-state index contributed by atoms with van der Waals surface area (Å²) in [6.07, 6.45) is 0. The Labute approximate surface area is 101 Å². The molecule has 0 amide bonds. The molecule has 1 heterocycles. The van der Waals surface area contributed by atoms with Crippen molar-refractivity contribution < 1.29 is 0 Å². The molecule has 1 aromatic carbocycles. The van der Waals surface area contributed by atoms with E-state index in [2.05, 4.69) is 46.6 Å². The number of halogens is 1. The minimum absolute atomic E-state index is 1.07. The molecule has 68 valence electrons. The summed E-state index contributed by atoms with van der Waals surface area (Å²) in [5.74, 6) is 6.26. The van der Waals surface area contributed by atoms with Crippen LogP contribution in [0.2, 0.25) is 0 Å². The van der Waals surface area contributed by atoms with E-state index in [0.717, 1.165) is 10.4 Å². The van der Waals surface area contributed by atoms with Crippen molar-refractivity contribution in [2.45, 2.75) is 0 Å². The first-order chi connectivity index (χ1) is 6.84. The van der Waals surface area contributed by atoms with Gasteiger partial charge in [0.05, 0.1) is 4.88 Å². The van der Waals surface area contributed by atoms with E-state index in [-0.39, 0.29) is 0 Å². The number of thiophene rings is 1. The van der Waals surface area contributed by atoms with Gasteiger partial charge in [0.1, 0.15) is 0 Å². The molecule has 0 spiro atoms. The van der Waals surface area contributed by atoms with Gasteiger partial charge >= 0.3 is 0 Å². The van der Waals surface area contributed by atoms with Crippen molar-refractivity contribution in [2.75, 3.05) is 0 Å². The van der Waals surface area contributed by atoms with E-state index in [0.29, 0.717) is 0 Å². The number of hydrogen-bond donors (Lipinski definition) is 0. The molecular weight excluding hydrogens is 303 g/mol. The lowest BCUT2D eigenvalue weighted by Crippen LogP contribution is -1.74. The van der Waals surface area contributed by atoms with Crippen molar-refractivity contribution in [3.05, 3.63) is 55.8 Å². The summed E-state index contributed by atoms with van der Waals surface area (Å²) in [5, 5.41) is 2.04. The van der Waals surface area contributed by atoms with Gasteiger partial charge in [-0.25, -0.2) is 0 Å². The zero-order valence-electron chi connectivity index (χ0n) is 7.33. The predicted molar refractivity (Wildman–Crippen MR) is 69.5 cm³/mol. The number of benzene rings is 1. The summed E-state index contributed by atoms with van der Waals surface area (Å²) in [4.78, 5) is 1.11. The van der Waals surface area contributed by atoms with Gasteiger partial charge in [-0.15, -0.1) is 11.3 Å². The van der Waals surface area contributed by atoms with E-state index in [1.54, 1.807) is 11.3 Å². The largest absolute Gasteiger partial charge is 0.135 e. The van der Waals surface area contributed by atoms with E-state index in [1.165, 1.54) is 3.57 Å². The fourth-order valence-electron chi connectivity index (χ4n) is 1.02. The second-order valence-corrected chi connectivity index (χ2v) is 4.93. The van der Waals surface area contributed by atoms with Gasteiger partial charge < -0.3 is 0 Å². The topological polar surface area (TPSA) is 0 Å². The maximum Gasteiger partial charge on any atom is 0.0772 e. The van der Waals surface area contributed by atoms with Crippen molar-refractivity contribution in [3.8, 4) is 11.8 Å². The molecule has 0 bridgehead atoms. The number of rotatable bonds is 0. The number of hydrogen-bond acceptors (Lipinski definition) is 1. The van der Waals surface area contributed by atoms with Gasteiger partial charge in [-0.05, 0) is 58.3 Å². The van der Waals surface area contributed by atoms with Crippen LogP contribution in [-0.2, 0) is 0 Å². The van der Waals surface area contributed by atoms with Crippen LogP contribution in [-0.4, -0.2) is 0 Å². The normalized spacial score (nSPS) is 9.21. The highest BCUT2D eigenvalue weighted by atomic mass is 127. The lowest BCUT2D eigenvalue weighted by Gasteiger charge is -1.89. The van der Waals surface area contributed by atoms with Gasteiger partial charge in [-0.3, -0.25) is 0 Å². The predicted octanol–water partition coefficient (Wildman–Crippen LogP) is 3.75. The molecule has 0 saturated heterocycles. The summed E-state index contributed by atoms with van der Waals surface area (Å²) in [6.45, 7) is 0. The smallest absolute Gasteiger partial charge is 0.0772 e. The highest BCUT2D eigenvalue weighted by Crippen LogP contribution is 2.08. The molecular formula is C12H7IS. The average molecular weight is 310 g/mol. The lowest BCUT2D eigenvalue weighted by atomic mass is 10.2. The Morgan fingerprint density at radius 3 is 2.43 bits per heavy atom. The molecule has 14 heavy (non-hydrogen) atoms. The second-order valence-electron chi connectivity index (χ2n) is 2.73. The Kier molecular flexibility index (Phi) is 3.22. The Morgan fingerprint density at radius 1 is 1.00 bits per heavy atom. The molecule has 2 rings (SSSR count). The molecule has 0 fully saturated rings. The van der Waals surface area contributed by atoms with Gasteiger partial charge in [0.15, 0.2) is 0 Å². The molecule has 0 saturated carbocycles. The summed E-state index contributed by atoms with van der Waals surface area (Å²) in [5.41, 5.74) is 1.07. The molecule has 0 atom stereocenters. The van der Waals surface area contributed by atoms with Gasteiger partial charge in [-0.2, -0.15) is 0 Å². The second kappa shape index (κ2) is 4.63. The standard InChI is InChI=1S/C12H7IS/c13-11-6-3-10(4-7-11)5-8-12-2-1-9-14-12/h1-4,6-7,9H. The molecule has 0 unspecified atom stereocenters. The summed E-state index contributed by atoms with van der Waals surface area (Å²) in [7, 11) is 0. The highest BCUT2D eigenvalue weighted by molar-refractivity contribution is 14.1. The van der Waals surface area contributed by atoms with Crippen LogP contribution < -0.4 is 0 Å². The first kappa shape index (κ1) is 9.75. The average Bonchev–Trinajstić information content (AvgIpc) is 2.70. The molecule has 0 aliphatic rings. The summed E-state index contributed by atoms with van der Waals surface area (Å²) >= 11 is 3.96. The van der Waals surface area contributed by atoms with Crippen LogP contribution in [0.25, 0.3) is 0 Å².